The number of aliphatic hydroxyl groups excluding tert-OH is 2. The van der Waals surface area contributed by atoms with Gasteiger partial charge in [-0.1, -0.05) is 17.9 Å². The van der Waals surface area contributed by atoms with Crippen LogP contribution in [0, 0.1) is 0 Å². The summed E-state index contributed by atoms with van der Waals surface area (Å²) < 4.78 is 7.23. The van der Waals surface area contributed by atoms with Crippen molar-refractivity contribution in [2.24, 2.45) is 0 Å². The Kier molecular flexibility index (Phi) is 3.05. The third-order valence-electron chi connectivity index (χ3n) is 3.16. The Morgan fingerprint density at radius 2 is 2.35 bits per heavy atom. The number of nitrogen functional groups attached to an aromatic ring is 1. The summed E-state index contributed by atoms with van der Waals surface area (Å²) in [6.07, 6.45) is -1.34. The van der Waals surface area contributed by atoms with Crippen molar-refractivity contribution < 1.29 is 14.9 Å². The zero-order valence-corrected chi connectivity index (χ0v) is 11.1. The Morgan fingerprint density at radius 3 is 3.00 bits per heavy atom. The van der Waals surface area contributed by atoms with E-state index in [9.17, 15) is 9.90 Å². The van der Waals surface area contributed by atoms with Gasteiger partial charge in [0.25, 0.3) is 0 Å². The molecule has 1 unspecified atom stereocenters. The predicted molar refractivity (Wildman–Crippen MR) is 72.2 cm³/mol. The number of ether oxygens (including phenoxy) is 1. The van der Waals surface area contributed by atoms with Crippen molar-refractivity contribution in [1.29, 1.82) is 0 Å². The van der Waals surface area contributed by atoms with Gasteiger partial charge < -0.3 is 20.7 Å². The van der Waals surface area contributed by atoms with E-state index in [1.807, 2.05) is 0 Å². The number of hydrogen-bond donors (Lipinski definition) is 3. The van der Waals surface area contributed by atoms with Crippen LogP contribution in [0.4, 0.5) is 5.95 Å². The maximum atomic E-state index is 12.1. The lowest BCUT2D eigenvalue weighted by molar-refractivity contribution is -0.0492. The average Bonchev–Trinajstić information content (AvgIpc) is 2.88. The quantitative estimate of drug-likeness (QED) is 0.622. The molecule has 1 saturated heterocycles. The van der Waals surface area contributed by atoms with Gasteiger partial charge in [-0.05, 0) is 5.57 Å². The minimum atomic E-state index is -1.10. The summed E-state index contributed by atoms with van der Waals surface area (Å²) in [7, 11) is 0. The molecule has 0 amide bonds. The zero-order chi connectivity index (χ0) is 14.4. The minimum Gasteiger partial charge on any atom is -0.393 e. The van der Waals surface area contributed by atoms with Gasteiger partial charge in [0.1, 0.15) is 12.2 Å². The molecule has 3 rings (SSSR count). The Balaban J connectivity index is 2.15. The van der Waals surface area contributed by atoms with Crippen LogP contribution in [-0.4, -0.2) is 43.6 Å². The minimum absolute atomic E-state index is 0.0223. The fourth-order valence-corrected chi connectivity index (χ4v) is 2.96. The molecule has 8 nitrogen and oxygen atoms in total. The molecule has 0 aromatic carbocycles. The molecule has 1 aliphatic rings. The standard InChI is InChI=1S/C11H12N4O4S/c1-4-5(3-16)19-9(7(4)17)15-8-6(20-11(15)18)2-13-10(12)14-8/h2,5,7,9,16-17H,1,3H2,(H2,12,13,14)/t5-,7-,9?/m1/s1. The molecule has 20 heavy (non-hydrogen) atoms. The molecule has 0 aliphatic carbocycles. The van der Waals surface area contributed by atoms with Crippen LogP contribution in [0.15, 0.2) is 23.1 Å². The van der Waals surface area contributed by atoms with E-state index < -0.39 is 18.4 Å². The molecular formula is C11H12N4O4S. The molecule has 2 aromatic heterocycles. The number of aromatic nitrogens is 3. The van der Waals surface area contributed by atoms with Crippen LogP contribution in [0.2, 0.25) is 0 Å². The number of anilines is 1. The lowest BCUT2D eigenvalue weighted by Crippen LogP contribution is -2.27. The summed E-state index contributed by atoms with van der Waals surface area (Å²) in [4.78, 5) is 19.5. The van der Waals surface area contributed by atoms with E-state index in [0.717, 1.165) is 11.3 Å². The SMILES string of the molecule is C=C1[C@@H](O)C(n2c(=O)sc3cnc(N)nc32)O[C@@H]1CO. The number of hydrogen-bond acceptors (Lipinski definition) is 8. The van der Waals surface area contributed by atoms with Crippen molar-refractivity contribution in [2.75, 3.05) is 12.3 Å². The number of fused-ring (bicyclic) bond motifs is 1. The molecule has 3 atom stereocenters. The highest BCUT2D eigenvalue weighted by Crippen LogP contribution is 2.33. The first-order chi connectivity index (χ1) is 9.52. The van der Waals surface area contributed by atoms with E-state index in [1.54, 1.807) is 0 Å². The van der Waals surface area contributed by atoms with E-state index in [1.165, 1.54) is 10.8 Å². The van der Waals surface area contributed by atoms with Gasteiger partial charge in [0.15, 0.2) is 11.9 Å². The van der Waals surface area contributed by atoms with E-state index >= 15 is 0 Å². The second-order valence-corrected chi connectivity index (χ2v) is 5.36. The lowest BCUT2D eigenvalue weighted by atomic mass is 10.1. The molecule has 0 spiro atoms. The number of nitrogens with two attached hydrogens (primary N) is 1. The number of nitrogens with zero attached hydrogens (tertiary/aromatic N) is 3. The summed E-state index contributed by atoms with van der Waals surface area (Å²) in [5.41, 5.74) is 6.14. The van der Waals surface area contributed by atoms with Crippen LogP contribution in [0.1, 0.15) is 6.23 Å². The number of rotatable bonds is 2. The van der Waals surface area contributed by atoms with Crippen molar-refractivity contribution in [2.45, 2.75) is 18.4 Å². The fourth-order valence-electron chi connectivity index (χ4n) is 2.14. The van der Waals surface area contributed by atoms with Gasteiger partial charge in [0, 0.05) is 0 Å². The molecule has 0 bridgehead atoms. The van der Waals surface area contributed by atoms with Crippen LogP contribution >= 0.6 is 11.3 Å². The molecule has 106 valence electrons. The molecule has 2 aromatic rings. The van der Waals surface area contributed by atoms with E-state index in [0.29, 0.717) is 15.9 Å². The summed E-state index contributed by atoms with van der Waals surface area (Å²) in [5, 5.41) is 19.3. The van der Waals surface area contributed by atoms with Gasteiger partial charge in [-0.15, -0.1) is 0 Å². The predicted octanol–water partition coefficient (Wildman–Crippen LogP) is -0.758. The number of thiazole rings is 1. The van der Waals surface area contributed by atoms with E-state index in [2.05, 4.69) is 16.5 Å². The largest absolute Gasteiger partial charge is 0.393 e. The first-order valence-electron chi connectivity index (χ1n) is 5.79. The Bertz CT molecular complexity index is 740. The van der Waals surface area contributed by atoms with Gasteiger partial charge in [0.2, 0.25) is 5.95 Å². The maximum absolute atomic E-state index is 12.1. The third kappa shape index (κ3) is 1.83. The van der Waals surface area contributed by atoms with Crippen LogP contribution in [0.25, 0.3) is 10.3 Å². The van der Waals surface area contributed by atoms with Gasteiger partial charge in [-0.25, -0.2) is 4.98 Å². The summed E-state index contributed by atoms with van der Waals surface area (Å²) in [5.74, 6) is 0.0223. The molecule has 1 aliphatic heterocycles. The normalized spacial score (nSPS) is 26.5. The number of aliphatic hydroxyl groups is 2. The van der Waals surface area contributed by atoms with Crippen LogP contribution < -0.4 is 10.6 Å². The second-order valence-electron chi connectivity index (χ2n) is 4.37. The topological polar surface area (TPSA) is 123 Å². The van der Waals surface area contributed by atoms with Crippen molar-refractivity contribution in [3.8, 4) is 0 Å². The van der Waals surface area contributed by atoms with Crippen LogP contribution in [-0.2, 0) is 4.74 Å². The van der Waals surface area contributed by atoms with Crippen molar-refractivity contribution >= 4 is 27.6 Å². The molecular weight excluding hydrogens is 284 g/mol. The molecule has 3 heterocycles. The van der Waals surface area contributed by atoms with Gasteiger partial charge in [-0.3, -0.25) is 9.36 Å². The van der Waals surface area contributed by atoms with Crippen LogP contribution in [0.5, 0.6) is 0 Å². The van der Waals surface area contributed by atoms with E-state index in [-0.39, 0.29) is 17.4 Å². The molecule has 0 radical (unpaired) electrons. The third-order valence-corrected chi connectivity index (χ3v) is 4.04. The van der Waals surface area contributed by atoms with Crippen LogP contribution in [0.3, 0.4) is 0 Å². The van der Waals surface area contributed by atoms with Crippen molar-refractivity contribution in [3.05, 3.63) is 28.0 Å². The lowest BCUT2D eigenvalue weighted by Gasteiger charge is -2.15. The summed E-state index contributed by atoms with van der Waals surface area (Å²) >= 11 is 0.930. The first-order valence-corrected chi connectivity index (χ1v) is 6.61. The fraction of sp³-hybridized carbons (Fsp3) is 0.364. The first kappa shape index (κ1) is 13.2. The highest BCUT2D eigenvalue weighted by molar-refractivity contribution is 7.16. The Hall–Kier alpha value is -1.81. The van der Waals surface area contributed by atoms with Crippen molar-refractivity contribution in [3.63, 3.8) is 0 Å². The van der Waals surface area contributed by atoms with E-state index in [4.69, 9.17) is 15.6 Å². The average molecular weight is 296 g/mol. The van der Waals surface area contributed by atoms with Gasteiger partial charge in [-0.2, -0.15) is 4.98 Å². The highest BCUT2D eigenvalue weighted by atomic mass is 32.1. The maximum Gasteiger partial charge on any atom is 0.311 e. The summed E-state index contributed by atoms with van der Waals surface area (Å²) in [6.45, 7) is 3.35. The van der Waals surface area contributed by atoms with Gasteiger partial charge >= 0.3 is 4.87 Å². The summed E-state index contributed by atoms with van der Waals surface area (Å²) in [6, 6.07) is 0. The second kappa shape index (κ2) is 4.63. The molecule has 1 fully saturated rings. The smallest absolute Gasteiger partial charge is 0.311 e. The zero-order valence-electron chi connectivity index (χ0n) is 10.3. The molecule has 0 saturated carbocycles. The molecule has 4 N–H and O–H groups in total. The Morgan fingerprint density at radius 1 is 1.60 bits per heavy atom. The van der Waals surface area contributed by atoms with Gasteiger partial charge in [0.05, 0.1) is 17.5 Å². The van der Waals surface area contributed by atoms with Crippen molar-refractivity contribution in [1.82, 2.24) is 14.5 Å². The highest BCUT2D eigenvalue weighted by Gasteiger charge is 2.40. The molecule has 9 heteroatoms. The Labute approximate surface area is 116 Å². The monoisotopic (exact) mass is 296 g/mol.